The number of rotatable bonds is 8. The van der Waals surface area contributed by atoms with Crippen LogP contribution < -0.4 is 0 Å². The fraction of sp³-hybridized carbons (Fsp3) is 0.323. The summed E-state index contributed by atoms with van der Waals surface area (Å²) < 4.78 is 0. The van der Waals surface area contributed by atoms with Gasteiger partial charge in [-0.2, -0.15) is 0 Å². The Kier molecular flexibility index (Phi) is 6.35. The minimum atomic E-state index is -0.170. The Morgan fingerprint density at radius 3 is 2.59 bits per heavy atom. The van der Waals surface area contributed by atoms with E-state index >= 15 is 0 Å². The first-order valence-corrected chi connectivity index (χ1v) is 13.3. The maximum absolute atomic E-state index is 12.8. The number of unbranched alkanes of at least 4 members (excludes halogenated alkanes) is 1. The smallest absolute Gasteiger partial charge is 0.261 e. The molecule has 0 fully saturated rings. The van der Waals surface area contributed by atoms with Crippen molar-refractivity contribution < 1.29 is 9.59 Å². The van der Waals surface area contributed by atoms with E-state index in [1.807, 2.05) is 24.4 Å². The van der Waals surface area contributed by atoms with Gasteiger partial charge in [-0.25, -0.2) is 0 Å². The number of benzene rings is 2. The molecule has 3 heterocycles. The van der Waals surface area contributed by atoms with Crippen LogP contribution in [0.2, 0.25) is 0 Å². The number of imide groups is 1. The molecule has 2 aliphatic rings. The van der Waals surface area contributed by atoms with Gasteiger partial charge < -0.3 is 4.98 Å². The Labute approximate surface area is 217 Å². The van der Waals surface area contributed by atoms with Crippen LogP contribution >= 0.6 is 0 Å². The number of aryl methyl sites for hydroxylation is 2. The van der Waals surface area contributed by atoms with Gasteiger partial charge in [-0.1, -0.05) is 30.3 Å². The lowest BCUT2D eigenvalue weighted by Crippen LogP contribution is -2.34. The first-order chi connectivity index (χ1) is 18.1. The average Bonchev–Trinajstić information content (AvgIpc) is 3.45. The quantitative estimate of drug-likeness (QED) is 0.248. The molecule has 0 saturated carbocycles. The highest BCUT2D eigenvalue weighted by atomic mass is 16.2. The third-order valence-corrected chi connectivity index (χ3v) is 7.87. The van der Waals surface area contributed by atoms with Crippen LogP contribution in [0.4, 0.5) is 0 Å². The first-order valence-electron chi connectivity index (χ1n) is 13.3. The second-order valence-electron chi connectivity index (χ2n) is 10.3. The molecule has 1 aliphatic heterocycles. The van der Waals surface area contributed by atoms with Gasteiger partial charge >= 0.3 is 0 Å². The minimum absolute atomic E-state index is 0.170. The van der Waals surface area contributed by atoms with E-state index in [4.69, 9.17) is 4.98 Å². The van der Waals surface area contributed by atoms with E-state index in [9.17, 15) is 9.59 Å². The topological polar surface area (TPSA) is 69.3 Å². The molecule has 0 spiro atoms. The number of H-pyrrole nitrogens is 1. The van der Waals surface area contributed by atoms with Crippen LogP contribution in [0.5, 0.6) is 0 Å². The van der Waals surface area contributed by atoms with E-state index < -0.39 is 0 Å². The monoisotopic (exact) mass is 492 g/mol. The number of aromatic amines is 1. The molecule has 6 rings (SSSR count). The summed E-state index contributed by atoms with van der Waals surface area (Å²) in [6.07, 6.45) is 6.89. The molecule has 0 radical (unpaired) electrons. The van der Waals surface area contributed by atoms with Crippen molar-refractivity contribution in [2.24, 2.45) is 0 Å². The summed E-state index contributed by atoms with van der Waals surface area (Å²) in [5.74, 6) is -0.340. The number of carbonyl (C=O) groups excluding carboxylic acids is 2. The summed E-state index contributed by atoms with van der Waals surface area (Å²) in [5, 5.41) is 1.27. The third kappa shape index (κ3) is 4.46. The SMILES string of the molecule is Cc1cccc2[nH]c(CN(CCCCN3C(=O)c4ccccc4C3=O)C3CCCc4cccnc43)cc12. The van der Waals surface area contributed by atoms with Crippen molar-refractivity contribution in [3.63, 3.8) is 0 Å². The van der Waals surface area contributed by atoms with Gasteiger partial charge in [-0.05, 0) is 87.0 Å². The van der Waals surface area contributed by atoms with Gasteiger partial charge in [0.25, 0.3) is 11.8 Å². The number of carbonyl (C=O) groups is 2. The zero-order chi connectivity index (χ0) is 25.4. The van der Waals surface area contributed by atoms with Crippen LogP contribution in [0.25, 0.3) is 10.9 Å². The normalized spacial score (nSPS) is 17.0. The predicted octanol–water partition coefficient (Wildman–Crippen LogP) is 5.83. The van der Waals surface area contributed by atoms with Crippen LogP contribution in [0.1, 0.15) is 75.0 Å². The van der Waals surface area contributed by atoms with E-state index in [1.165, 1.54) is 38.3 Å². The summed E-state index contributed by atoms with van der Waals surface area (Å²) in [4.78, 5) is 37.9. The zero-order valence-electron chi connectivity index (χ0n) is 21.2. The average molecular weight is 493 g/mol. The number of amides is 2. The highest BCUT2D eigenvalue weighted by Gasteiger charge is 2.34. The molecular weight excluding hydrogens is 460 g/mol. The molecule has 1 N–H and O–H groups in total. The minimum Gasteiger partial charge on any atom is -0.357 e. The number of hydrogen-bond donors (Lipinski definition) is 1. The molecule has 1 aliphatic carbocycles. The van der Waals surface area contributed by atoms with Crippen molar-refractivity contribution in [3.8, 4) is 0 Å². The van der Waals surface area contributed by atoms with Crippen molar-refractivity contribution in [1.29, 1.82) is 0 Å². The van der Waals surface area contributed by atoms with Gasteiger partial charge in [0.05, 0.1) is 22.9 Å². The fourth-order valence-electron chi connectivity index (χ4n) is 5.98. The van der Waals surface area contributed by atoms with Crippen molar-refractivity contribution >= 4 is 22.7 Å². The molecule has 0 saturated heterocycles. The van der Waals surface area contributed by atoms with Crippen molar-refractivity contribution in [3.05, 3.63) is 101 Å². The Balaban J connectivity index is 1.18. The maximum atomic E-state index is 12.8. The number of aromatic nitrogens is 2. The van der Waals surface area contributed by atoms with Crippen LogP contribution in [-0.4, -0.2) is 44.7 Å². The predicted molar refractivity (Wildman–Crippen MR) is 144 cm³/mol. The van der Waals surface area contributed by atoms with E-state index in [0.29, 0.717) is 17.7 Å². The van der Waals surface area contributed by atoms with Gasteiger partial charge in [0.2, 0.25) is 0 Å². The summed E-state index contributed by atoms with van der Waals surface area (Å²) in [6.45, 7) is 4.28. The zero-order valence-corrected chi connectivity index (χ0v) is 21.2. The summed E-state index contributed by atoms with van der Waals surface area (Å²) in [7, 11) is 0. The lowest BCUT2D eigenvalue weighted by molar-refractivity contribution is 0.0648. The lowest BCUT2D eigenvalue weighted by Gasteiger charge is -2.35. The fourth-order valence-corrected chi connectivity index (χ4v) is 5.98. The van der Waals surface area contributed by atoms with E-state index in [-0.39, 0.29) is 17.9 Å². The van der Waals surface area contributed by atoms with Gasteiger partial charge in [-0.3, -0.25) is 24.4 Å². The molecule has 6 nitrogen and oxygen atoms in total. The maximum Gasteiger partial charge on any atom is 0.261 e. The molecule has 188 valence electrons. The Morgan fingerprint density at radius 1 is 1.00 bits per heavy atom. The highest BCUT2D eigenvalue weighted by Crippen LogP contribution is 2.34. The number of nitrogens with zero attached hydrogens (tertiary/aromatic N) is 3. The second kappa shape index (κ2) is 9.94. The summed E-state index contributed by atoms with van der Waals surface area (Å²) in [6, 6.07) is 20.3. The molecule has 6 heteroatoms. The Bertz CT molecular complexity index is 1440. The first kappa shape index (κ1) is 23.6. The van der Waals surface area contributed by atoms with E-state index in [2.05, 4.69) is 47.1 Å². The third-order valence-electron chi connectivity index (χ3n) is 7.87. The molecule has 1 atom stereocenters. The van der Waals surface area contributed by atoms with E-state index in [0.717, 1.165) is 45.2 Å². The molecular formula is C31H32N4O2. The van der Waals surface area contributed by atoms with Crippen LogP contribution in [0.3, 0.4) is 0 Å². The lowest BCUT2D eigenvalue weighted by atomic mass is 9.90. The highest BCUT2D eigenvalue weighted by molar-refractivity contribution is 6.21. The number of nitrogens with one attached hydrogen (secondary N) is 1. The molecule has 0 bridgehead atoms. The molecule has 2 amide bonds. The van der Waals surface area contributed by atoms with Crippen molar-refractivity contribution in [1.82, 2.24) is 19.8 Å². The van der Waals surface area contributed by atoms with Gasteiger partial charge in [0.1, 0.15) is 0 Å². The van der Waals surface area contributed by atoms with Crippen LogP contribution in [0.15, 0.2) is 66.9 Å². The van der Waals surface area contributed by atoms with Crippen molar-refractivity contribution in [2.75, 3.05) is 13.1 Å². The number of fused-ring (bicyclic) bond motifs is 3. The number of pyridine rings is 1. The number of hydrogen-bond acceptors (Lipinski definition) is 4. The van der Waals surface area contributed by atoms with E-state index in [1.54, 1.807) is 12.1 Å². The Morgan fingerprint density at radius 2 is 1.81 bits per heavy atom. The molecule has 2 aromatic carbocycles. The molecule has 4 aromatic rings. The summed E-state index contributed by atoms with van der Waals surface area (Å²) >= 11 is 0. The van der Waals surface area contributed by atoms with Gasteiger partial charge in [-0.15, -0.1) is 0 Å². The van der Waals surface area contributed by atoms with Crippen LogP contribution in [-0.2, 0) is 13.0 Å². The summed E-state index contributed by atoms with van der Waals surface area (Å²) in [5.41, 5.74) is 7.23. The molecule has 37 heavy (non-hydrogen) atoms. The largest absolute Gasteiger partial charge is 0.357 e. The van der Waals surface area contributed by atoms with Crippen LogP contribution in [0, 0.1) is 6.92 Å². The van der Waals surface area contributed by atoms with Crippen molar-refractivity contribution in [2.45, 2.75) is 51.6 Å². The Hall–Kier alpha value is -3.77. The standard InChI is InChI=1S/C31H32N4O2/c1-21-9-6-14-27-26(21)19-23(33-27)20-34(28-15-7-10-22-11-8-16-32-29(22)28)17-4-5-18-35-30(36)24-12-2-3-13-25(24)31(35)37/h2-3,6,8-9,11-14,16,19,28,33H,4-5,7,10,15,17-18,20H2,1H3. The second-order valence-corrected chi connectivity index (χ2v) is 10.3. The molecule has 1 unspecified atom stereocenters. The van der Waals surface area contributed by atoms with Gasteiger partial charge in [0.15, 0.2) is 0 Å². The van der Waals surface area contributed by atoms with Gasteiger partial charge in [0, 0.05) is 35.9 Å². The molecule has 2 aromatic heterocycles.